The lowest BCUT2D eigenvalue weighted by Gasteiger charge is -2.59. The monoisotopic (exact) mass is 492 g/mol. The molecule has 2 fully saturated rings. The van der Waals surface area contributed by atoms with E-state index in [1.54, 1.807) is 37.9 Å². The second kappa shape index (κ2) is 8.40. The second-order valence-electron chi connectivity index (χ2n) is 10.5. The zero-order chi connectivity index (χ0) is 25.2. The van der Waals surface area contributed by atoms with E-state index in [1.165, 1.54) is 6.92 Å². The molecular weight excluding hydrogens is 460 g/mol. The molecule has 6 rings (SSSR count). The maximum absolute atomic E-state index is 13.2. The quantitative estimate of drug-likeness (QED) is 0.359. The average molecular weight is 493 g/mol. The van der Waals surface area contributed by atoms with Crippen LogP contribution in [0.2, 0.25) is 0 Å². The summed E-state index contributed by atoms with van der Waals surface area (Å²) < 4.78 is 23.4. The third kappa shape index (κ3) is 3.23. The van der Waals surface area contributed by atoms with Crippen molar-refractivity contribution in [3.05, 3.63) is 47.4 Å². The number of furan rings is 1. The fourth-order valence-corrected chi connectivity index (χ4v) is 7.36. The molecule has 5 atom stereocenters. The standard InChI is InChI=1S/C28H32N2O6/c1-16(31)35-22-14-23(33-4)26-25-18(22)13-21-19-6-7-20(27(36-26)28(19,25)10-11-29(21)2)30(3)24(32)8-5-17-9-12-34-15-17/h5,8-9,12,14-15,19-21,27H,6-7,10-11,13H2,1-4H3/b8-5+/t19-,20-,21+,27-,28-/m0/s1. The van der Waals surface area contributed by atoms with Crippen LogP contribution in [0, 0.1) is 5.92 Å². The van der Waals surface area contributed by atoms with Crippen LogP contribution in [0.4, 0.5) is 0 Å². The number of benzene rings is 1. The summed E-state index contributed by atoms with van der Waals surface area (Å²) in [5.41, 5.74) is 2.78. The van der Waals surface area contributed by atoms with E-state index < -0.39 is 0 Å². The zero-order valence-corrected chi connectivity index (χ0v) is 21.2. The van der Waals surface area contributed by atoms with Crippen LogP contribution in [0.1, 0.15) is 42.9 Å². The molecule has 1 aromatic heterocycles. The molecule has 8 nitrogen and oxygen atoms in total. The number of likely N-dealkylation sites (N-methyl/N-ethyl adjacent to an activating group) is 2. The van der Waals surface area contributed by atoms with Crippen molar-refractivity contribution in [3.8, 4) is 17.2 Å². The Kier molecular flexibility index (Phi) is 5.41. The fourth-order valence-electron chi connectivity index (χ4n) is 7.36. The number of methoxy groups -OCH3 is 1. The summed E-state index contributed by atoms with van der Waals surface area (Å²) >= 11 is 0. The fraction of sp³-hybridized carbons (Fsp3) is 0.500. The summed E-state index contributed by atoms with van der Waals surface area (Å²) in [5.74, 6) is 1.88. The molecule has 1 spiro atoms. The normalized spacial score (nSPS) is 30.0. The molecule has 0 radical (unpaired) electrons. The molecule has 4 aliphatic rings. The SMILES string of the molecule is COc1cc(OC(C)=O)c2c3c1O[C@H]1[C@@H](N(C)C(=O)/C=C/c4ccoc4)CC[C@H]4[C@@H](C2)N(C)CC[C@@]341. The number of ether oxygens (including phenoxy) is 3. The first kappa shape index (κ1) is 23.2. The van der Waals surface area contributed by atoms with Crippen LogP contribution < -0.4 is 14.2 Å². The minimum atomic E-state index is -0.349. The highest BCUT2D eigenvalue weighted by atomic mass is 16.5. The van der Waals surface area contributed by atoms with Crippen molar-refractivity contribution in [2.45, 2.75) is 56.2 Å². The highest BCUT2D eigenvalue weighted by Gasteiger charge is 2.66. The highest BCUT2D eigenvalue weighted by Crippen LogP contribution is 2.65. The lowest BCUT2D eigenvalue weighted by molar-refractivity contribution is -0.135. The molecule has 36 heavy (non-hydrogen) atoms. The topological polar surface area (TPSA) is 81.5 Å². The largest absolute Gasteiger partial charge is 0.493 e. The molecule has 2 aliphatic heterocycles. The number of amides is 1. The number of carbonyl (C=O) groups excluding carboxylic acids is 2. The van der Waals surface area contributed by atoms with E-state index >= 15 is 0 Å². The summed E-state index contributed by atoms with van der Waals surface area (Å²) in [6.07, 6.45) is 9.97. The average Bonchev–Trinajstić information content (AvgIpc) is 3.50. The molecule has 0 unspecified atom stereocenters. The van der Waals surface area contributed by atoms with Crippen LogP contribution in [0.25, 0.3) is 6.08 Å². The maximum atomic E-state index is 13.2. The molecule has 2 bridgehead atoms. The number of rotatable bonds is 5. The van der Waals surface area contributed by atoms with Gasteiger partial charge in [0, 0.05) is 54.3 Å². The molecule has 2 aliphatic carbocycles. The van der Waals surface area contributed by atoms with Crippen LogP contribution in [-0.2, 0) is 21.4 Å². The molecule has 8 heteroatoms. The molecule has 1 amide bonds. The van der Waals surface area contributed by atoms with Crippen molar-refractivity contribution in [2.75, 3.05) is 27.7 Å². The predicted molar refractivity (Wildman–Crippen MR) is 132 cm³/mol. The lowest BCUT2D eigenvalue weighted by Crippen LogP contribution is -2.68. The Morgan fingerprint density at radius 3 is 2.83 bits per heavy atom. The van der Waals surface area contributed by atoms with Gasteiger partial charge in [0.15, 0.2) is 11.5 Å². The van der Waals surface area contributed by atoms with Gasteiger partial charge in [0.25, 0.3) is 0 Å². The smallest absolute Gasteiger partial charge is 0.308 e. The minimum absolute atomic E-state index is 0.0660. The van der Waals surface area contributed by atoms with Crippen molar-refractivity contribution < 1.29 is 28.2 Å². The summed E-state index contributed by atoms with van der Waals surface area (Å²) in [6.45, 7) is 2.38. The van der Waals surface area contributed by atoms with Crippen LogP contribution in [0.5, 0.6) is 17.2 Å². The number of esters is 1. The molecule has 3 heterocycles. The van der Waals surface area contributed by atoms with Crippen molar-refractivity contribution in [2.24, 2.45) is 5.92 Å². The van der Waals surface area contributed by atoms with Gasteiger partial charge in [-0.05, 0) is 57.3 Å². The highest BCUT2D eigenvalue weighted by molar-refractivity contribution is 5.92. The van der Waals surface area contributed by atoms with Gasteiger partial charge in [0.05, 0.1) is 25.7 Å². The number of piperidine rings is 1. The van der Waals surface area contributed by atoms with E-state index in [4.69, 9.17) is 18.6 Å². The number of hydrogen-bond donors (Lipinski definition) is 0. The van der Waals surface area contributed by atoms with E-state index in [9.17, 15) is 9.59 Å². The van der Waals surface area contributed by atoms with E-state index in [1.807, 2.05) is 18.0 Å². The van der Waals surface area contributed by atoms with E-state index in [0.29, 0.717) is 23.5 Å². The summed E-state index contributed by atoms with van der Waals surface area (Å²) in [7, 11) is 5.67. The Morgan fingerprint density at radius 2 is 2.11 bits per heavy atom. The lowest BCUT2D eigenvalue weighted by atomic mass is 9.51. The van der Waals surface area contributed by atoms with Gasteiger partial charge in [-0.2, -0.15) is 0 Å². The Balaban J connectivity index is 1.44. The Bertz CT molecular complexity index is 1240. The third-order valence-corrected chi connectivity index (χ3v) is 8.92. The number of nitrogens with zero attached hydrogens (tertiary/aromatic N) is 2. The first-order valence-electron chi connectivity index (χ1n) is 12.6. The molecular formula is C28H32N2O6. The van der Waals surface area contributed by atoms with Gasteiger partial charge >= 0.3 is 5.97 Å². The van der Waals surface area contributed by atoms with E-state index in [0.717, 1.165) is 54.7 Å². The maximum Gasteiger partial charge on any atom is 0.308 e. The minimum Gasteiger partial charge on any atom is -0.493 e. The van der Waals surface area contributed by atoms with Gasteiger partial charge in [-0.1, -0.05) is 0 Å². The predicted octanol–water partition coefficient (Wildman–Crippen LogP) is 3.42. The Hall–Kier alpha value is -3.26. The Labute approximate surface area is 210 Å². The summed E-state index contributed by atoms with van der Waals surface area (Å²) in [5, 5.41) is 0. The molecule has 1 aromatic carbocycles. The summed E-state index contributed by atoms with van der Waals surface area (Å²) in [4.78, 5) is 29.5. The van der Waals surface area contributed by atoms with Crippen molar-refractivity contribution in [1.82, 2.24) is 9.80 Å². The van der Waals surface area contributed by atoms with Crippen LogP contribution >= 0.6 is 0 Å². The molecule has 0 N–H and O–H groups in total. The van der Waals surface area contributed by atoms with Crippen molar-refractivity contribution in [1.29, 1.82) is 0 Å². The molecule has 1 saturated heterocycles. The van der Waals surface area contributed by atoms with Gasteiger partial charge in [-0.15, -0.1) is 0 Å². The van der Waals surface area contributed by atoms with Crippen LogP contribution in [0.15, 0.2) is 35.2 Å². The van der Waals surface area contributed by atoms with Gasteiger partial charge in [-0.3, -0.25) is 9.59 Å². The van der Waals surface area contributed by atoms with Gasteiger partial charge in [0.2, 0.25) is 5.91 Å². The second-order valence-corrected chi connectivity index (χ2v) is 10.5. The number of hydrogen-bond acceptors (Lipinski definition) is 7. The third-order valence-electron chi connectivity index (χ3n) is 8.92. The molecule has 1 saturated carbocycles. The summed E-state index contributed by atoms with van der Waals surface area (Å²) in [6, 6.07) is 3.85. The van der Waals surface area contributed by atoms with Gasteiger partial charge in [0.1, 0.15) is 11.9 Å². The number of likely N-dealkylation sites (tertiary alicyclic amines) is 1. The van der Waals surface area contributed by atoms with E-state index in [2.05, 4.69) is 11.9 Å². The zero-order valence-electron chi connectivity index (χ0n) is 21.2. The molecule has 190 valence electrons. The van der Waals surface area contributed by atoms with Gasteiger partial charge in [-0.25, -0.2) is 0 Å². The van der Waals surface area contributed by atoms with Gasteiger partial charge < -0.3 is 28.4 Å². The van der Waals surface area contributed by atoms with Crippen LogP contribution in [0.3, 0.4) is 0 Å². The number of carbonyl (C=O) groups is 2. The first-order valence-corrected chi connectivity index (χ1v) is 12.6. The van der Waals surface area contributed by atoms with Crippen LogP contribution in [-0.4, -0.2) is 67.6 Å². The van der Waals surface area contributed by atoms with E-state index in [-0.39, 0.29) is 29.4 Å². The first-order chi connectivity index (χ1) is 17.3. The molecule has 2 aromatic rings. The van der Waals surface area contributed by atoms with Crippen molar-refractivity contribution in [3.63, 3.8) is 0 Å². The Morgan fingerprint density at radius 1 is 1.28 bits per heavy atom. The van der Waals surface area contributed by atoms with Crippen molar-refractivity contribution >= 4 is 18.0 Å².